The number of halogens is 3. The molecule has 2 aromatic carbocycles. The molecule has 0 saturated heterocycles. The molecule has 0 amide bonds. The third-order valence-corrected chi connectivity index (χ3v) is 5.17. The third kappa shape index (κ3) is 2.98. The van der Waals surface area contributed by atoms with E-state index in [1.54, 1.807) is 16.8 Å². The highest BCUT2D eigenvalue weighted by Crippen LogP contribution is 2.41. The van der Waals surface area contributed by atoms with E-state index >= 15 is 0 Å². The summed E-state index contributed by atoms with van der Waals surface area (Å²) in [7, 11) is 0. The summed E-state index contributed by atoms with van der Waals surface area (Å²) >= 11 is 9.73. The summed E-state index contributed by atoms with van der Waals surface area (Å²) in [4.78, 5) is 4.22. The zero-order valence-corrected chi connectivity index (χ0v) is 15.3. The van der Waals surface area contributed by atoms with Crippen LogP contribution in [0, 0.1) is 5.82 Å². The number of nitrogen functional groups attached to an aromatic ring is 1. The van der Waals surface area contributed by atoms with Gasteiger partial charge in [0.25, 0.3) is 0 Å². The van der Waals surface area contributed by atoms with E-state index in [1.165, 1.54) is 6.07 Å². The lowest BCUT2D eigenvalue weighted by molar-refractivity contribution is 0.416. The Balaban J connectivity index is 1.81. The van der Waals surface area contributed by atoms with Gasteiger partial charge in [-0.3, -0.25) is 0 Å². The Labute approximate surface area is 157 Å². The predicted octanol–water partition coefficient (Wildman–Crippen LogP) is 4.56. The van der Waals surface area contributed by atoms with Crippen molar-refractivity contribution in [1.29, 1.82) is 0 Å². The van der Waals surface area contributed by atoms with Crippen LogP contribution in [0.3, 0.4) is 0 Å². The van der Waals surface area contributed by atoms with Crippen molar-refractivity contribution in [2.24, 2.45) is 0 Å². The van der Waals surface area contributed by atoms with Gasteiger partial charge in [-0.25, -0.2) is 9.07 Å². The molecule has 4 rings (SSSR count). The Hall–Kier alpha value is -2.12. The highest BCUT2D eigenvalue weighted by Gasteiger charge is 2.33. The van der Waals surface area contributed by atoms with E-state index in [0.29, 0.717) is 23.0 Å². The lowest BCUT2D eigenvalue weighted by Gasteiger charge is -2.32. The number of anilines is 2. The van der Waals surface area contributed by atoms with Crippen molar-refractivity contribution in [3.05, 3.63) is 68.9 Å². The molecular formula is C17H14BrClFN5. The van der Waals surface area contributed by atoms with Crippen LogP contribution in [0.5, 0.6) is 0 Å². The van der Waals surface area contributed by atoms with Crippen molar-refractivity contribution in [3.63, 3.8) is 0 Å². The van der Waals surface area contributed by atoms with Gasteiger partial charge >= 0.3 is 0 Å². The largest absolute Gasteiger partial charge is 0.366 e. The van der Waals surface area contributed by atoms with Gasteiger partial charge in [0.05, 0.1) is 12.1 Å². The maximum atomic E-state index is 14.5. The first-order chi connectivity index (χ1) is 12.0. The van der Waals surface area contributed by atoms with Gasteiger partial charge < -0.3 is 11.1 Å². The molecule has 1 aliphatic heterocycles. The maximum absolute atomic E-state index is 14.5. The predicted molar refractivity (Wildman–Crippen MR) is 99.1 cm³/mol. The fraction of sp³-hybridized carbons (Fsp3) is 0.176. The van der Waals surface area contributed by atoms with Gasteiger partial charge in [0, 0.05) is 15.1 Å². The summed E-state index contributed by atoms with van der Waals surface area (Å²) in [5, 5.41) is 7.90. The minimum Gasteiger partial charge on any atom is -0.366 e. The highest BCUT2D eigenvalue weighted by molar-refractivity contribution is 9.10. The molecule has 5 nitrogen and oxygen atoms in total. The van der Waals surface area contributed by atoms with Crippen LogP contribution in [0.15, 0.2) is 46.9 Å². The second-order valence-electron chi connectivity index (χ2n) is 5.87. The number of nitrogens with two attached hydrogens (primary N) is 1. The first-order valence-electron chi connectivity index (χ1n) is 7.71. The van der Waals surface area contributed by atoms with Crippen LogP contribution in [-0.4, -0.2) is 14.8 Å². The molecule has 128 valence electrons. The molecular weight excluding hydrogens is 409 g/mol. The molecule has 1 aliphatic rings. The lowest BCUT2D eigenvalue weighted by atomic mass is 9.93. The average Bonchev–Trinajstić information content (AvgIpc) is 2.95. The number of aromatic nitrogens is 3. The summed E-state index contributed by atoms with van der Waals surface area (Å²) in [6.45, 7) is 0. The minimum absolute atomic E-state index is 0.0649. The second kappa shape index (κ2) is 6.31. The summed E-state index contributed by atoms with van der Waals surface area (Å²) < 4.78 is 17.1. The summed E-state index contributed by atoms with van der Waals surface area (Å²) in [5.74, 6) is 0.270. The standard InChI is InChI=1S/C17H14BrClFN5/c18-10-6-4-9(5-7-10)13-8-14(15-11(19)2-1-3-12(15)20)25-17(22-13)23-16(21)24-25/h1-7,13-14H,8H2,(H3,21,22,23,24). The summed E-state index contributed by atoms with van der Waals surface area (Å²) in [6, 6.07) is 12.2. The number of fused-ring (bicyclic) bond motifs is 1. The quantitative estimate of drug-likeness (QED) is 0.635. The van der Waals surface area contributed by atoms with Crippen LogP contribution in [0.25, 0.3) is 0 Å². The lowest BCUT2D eigenvalue weighted by Crippen LogP contribution is -2.28. The maximum Gasteiger partial charge on any atom is 0.241 e. The fourth-order valence-corrected chi connectivity index (χ4v) is 3.73. The van der Waals surface area contributed by atoms with E-state index in [1.807, 2.05) is 24.3 Å². The molecule has 0 aliphatic carbocycles. The van der Waals surface area contributed by atoms with Crippen LogP contribution < -0.4 is 11.1 Å². The van der Waals surface area contributed by atoms with Crippen molar-refractivity contribution in [2.75, 3.05) is 11.1 Å². The number of nitrogens with one attached hydrogen (secondary N) is 1. The van der Waals surface area contributed by atoms with E-state index in [2.05, 4.69) is 31.3 Å². The highest BCUT2D eigenvalue weighted by atomic mass is 79.9. The van der Waals surface area contributed by atoms with Gasteiger partial charge in [0.1, 0.15) is 5.82 Å². The van der Waals surface area contributed by atoms with Crippen LogP contribution in [-0.2, 0) is 0 Å². The molecule has 0 fully saturated rings. The molecule has 8 heteroatoms. The van der Waals surface area contributed by atoms with Crippen molar-refractivity contribution in [1.82, 2.24) is 14.8 Å². The smallest absolute Gasteiger partial charge is 0.241 e. The SMILES string of the molecule is Nc1nc2n(n1)C(c1c(F)cccc1Cl)CC(c1ccc(Br)cc1)N2. The monoisotopic (exact) mass is 421 g/mol. The minimum atomic E-state index is -0.400. The molecule has 1 aromatic heterocycles. The molecule has 0 radical (unpaired) electrons. The Bertz CT molecular complexity index is 907. The second-order valence-corrected chi connectivity index (χ2v) is 7.20. The summed E-state index contributed by atoms with van der Waals surface area (Å²) in [6.07, 6.45) is 0.568. The molecule has 2 heterocycles. The van der Waals surface area contributed by atoms with E-state index in [-0.39, 0.29) is 17.8 Å². The van der Waals surface area contributed by atoms with Gasteiger partial charge in [-0.15, -0.1) is 5.10 Å². The Morgan fingerprint density at radius 2 is 2.00 bits per heavy atom. The topological polar surface area (TPSA) is 68.8 Å². The van der Waals surface area contributed by atoms with E-state index in [9.17, 15) is 4.39 Å². The zero-order chi connectivity index (χ0) is 17.6. The summed E-state index contributed by atoms with van der Waals surface area (Å²) in [5.41, 5.74) is 7.23. The number of rotatable bonds is 2. The van der Waals surface area contributed by atoms with E-state index in [0.717, 1.165) is 10.0 Å². The van der Waals surface area contributed by atoms with Gasteiger partial charge in [-0.1, -0.05) is 45.7 Å². The zero-order valence-electron chi connectivity index (χ0n) is 13.0. The number of hydrogen-bond donors (Lipinski definition) is 2. The molecule has 2 unspecified atom stereocenters. The van der Waals surface area contributed by atoms with Crippen molar-refractivity contribution in [2.45, 2.75) is 18.5 Å². The van der Waals surface area contributed by atoms with Crippen LogP contribution in [0.2, 0.25) is 5.02 Å². The molecule has 3 N–H and O–H groups in total. The number of hydrogen-bond acceptors (Lipinski definition) is 4. The Kier molecular flexibility index (Phi) is 4.13. The van der Waals surface area contributed by atoms with Gasteiger partial charge in [0.15, 0.2) is 0 Å². The molecule has 0 spiro atoms. The third-order valence-electron chi connectivity index (χ3n) is 4.31. The van der Waals surface area contributed by atoms with Gasteiger partial charge in [0.2, 0.25) is 11.9 Å². The molecule has 0 saturated carbocycles. The molecule has 3 aromatic rings. The van der Waals surface area contributed by atoms with E-state index in [4.69, 9.17) is 17.3 Å². The molecule has 2 atom stereocenters. The number of benzene rings is 2. The van der Waals surface area contributed by atoms with Crippen LogP contribution in [0.4, 0.5) is 16.3 Å². The van der Waals surface area contributed by atoms with E-state index < -0.39 is 6.04 Å². The van der Waals surface area contributed by atoms with Crippen LogP contribution >= 0.6 is 27.5 Å². The normalized spacial score (nSPS) is 19.3. The van der Waals surface area contributed by atoms with Crippen molar-refractivity contribution >= 4 is 39.4 Å². The van der Waals surface area contributed by atoms with Crippen molar-refractivity contribution in [3.8, 4) is 0 Å². The Morgan fingerprint density at radius 1 is 1.24 bits per heavy atom. The fourth-order valence-electron chi connectivity index (χ4n) is 3.18. The van der Waals surface area contributed by atoms with Gasteiger partial charge in [-0.05, 0) is 36.2 Å². The first-order valence-corrected chi connectivity index (χ1v) is 8.88. The molecule has 0 bridgehead atoms. The first kappa shape index (κ1) is 16.4. The average molecular weight is 423 g/mol. The van der Waals surface area contributed by atoms with Crippen LogP contribution in [0.1, 0.15) is 29.6 Å². The van der Waals surface area contributed by atoms with Crippen molar-refractivity contribution < 1.29 is 4.39 Å². The molecule has 25 heavy (non-hydrogen) atoms. The number of nitrogens with zero attached hydrogens (tertiary/aromatic N) is 3. The Morgan fingerprint density at radius 3 is 2.72 bits per heavy atom. The van der Waals surface area contributed by atoms with Gasteiger partial charge in [-0.2, -0.15) is 4.98 Å².